The van der Waals surface area contributed by atoms with Crippen LogP contribution in [-0.4, -0.2) is 87.2 Å². The maximum atomic E-state index is 12.1. The lowest BCUT2D eigenvalue weighted by Crippen LogP contribution is -2.38. The van der Waals surface area contributed by atoms with Gasteiger partial charge in [0.2, 0.25) is 5.91 Å². The molecule has 0 spiro atoms. The molecule has 0 radical (unpaired) electrons. The van der Waals surface area contributed by atoms with Crippen LogP contribution < -0.4 is 0 Å². The Morgan fingerprint density at radius 2 is 2.16 bits per heavy atom. The van der Waals surface area contributed by atoms with Crippen molar-refractivity contribution in [1.82, 2.24) is 14.7 Å². The van der Waals surface area contributed by atoms with E-state index in [4.69, 9.17) is 4.74 Å². The topological polar surface area (TPSA) is 36.0 Å². The van der Waals surface area contributed by atoms with E-state index in [1.807, 2.05) is 4.90 Å². The Morgan fingerprint density at radius 1 is 1.32 bits per heavy atom. The van der Waals surface area contributed by atoms with Gasteiger partial charge in [-0.1, -0.05) is 0 Å². The van der Waals surface area contributed by atoms with Crippen LogP contribution >= 0.6 is 0 Å². The highest BCUT2D eigenvalue weighted by molar-refractivity contribution is 5.76. The van der Waals surface area contributed by atoms with Gasteiger partial charge in [0.05, 0.1) is 6.61 Å². The Morgan fingerprint density at radius 3 is 2.84 bits per heavy atom. The maximum Gasteiger partial charge on any atom is 0.223 e. The Bertz CT molecular complexity index is 290. The molecule has 0 bridgehead atoms. The first-order valence-corrected chi connectivity index (χ1v) is 7.38. The number of nitrogens with zero attached hydrogens (tertiary/aromatic N) is 3. The van der Waals surface area contributed by atoms with Gasteiger partial charge in [0.1, 0.15) is 0 Å². The number of ether oxygens (including phenoxy) is 1. The molecule has 2 aliphatic rings. The lowest BCUT2D eigenvalue weighted by atomic mass is 10.1. The van der Waals surface area contributed by atoms with Crippen LogP contribution in [0.3, 0.4) is 0 Å². The zero-order chi connectivity index (χ0) is 13.7. The van der Waals surface area contributed by atoms with E-state index in [1.165, 1.54) is 6.42 Å². The van der Waals surface area contributed by atoms with E-state index in [0.29, 0.717) is 18.2 Å². The molecule has 5 nitrogen and oxygen atoms in total. The number of likely N-dealkylation sites (N-methyl/N-ethyl adjacent to an activating group) is 1. The van der Waals surface area contributed by atoms with Crippen molar-refractivity contribution >= 4 is 5.91 Å². The van der Waals surface area contributed by atoms with E-state index in [2.05, 4.69) is 23.9 Å². The normalized spacial score (nSPS) is 26.2. The highest BCUT2D eigenvalue weighted by Crippen LogP contribution is 2.15. The molecule has 2 saturated heterocycles. The SMILES string of the molecule is CN(C)CCN1CCN(C[C@@H]2CCOC2)CCC1=O. The molecule has 0 unspecified atom stereocenters. The van der Waals surface area contributed by atoms with Crippen LogP contribution in [0.15, 0.2) is 0 Å². The standard InChI is InChI=1S/C14H27N3O2/c1-15(2)6-8-17-9-7-16(5-3-14(17)18)11-13-4-10-19-12-13/h13H,3-12H2,1-2H3/t13-/m0/s1. The van der Waals surface area contributed by atoms with E-state index in [0.717, 1.165) is 52.5 Å². The predicted octanol–water partition coefficient (Wildman–Crippen LogP) is 0.119. The van der Waals surface area contributed by atoms with Gasteiger partial charge < -0.3 is 19.4 Å². The van der Waals surface area contributed by atoms with Crippen LogP contribution in [0, 0.1) is 5.92 Å². The third kappa shape index (κ3) is 4.75. The number of carbonyl (C=O) groups excluding carboxylic acids is 1. The van der Waals surface area contributed by atoms with Crippen LogP contribution in [0.1, 0.15) is 12.8 Å². The van der Waals surface area contributed by atoms with Gasteiger partial charge in [-0.05, 0) is 26.4 Å². The molecular formula is C14H27N3O2. The summed E-state index contributed by atoms with van der Waals surface area (Å²) < 4.78 is 5.43. The zero-order valence-corrected chi connectivity index (χ0v) is 12.3. The minimum atomic E-state index is 0.312. The first-order chi connectivity index (χ1) is 9.15. The number of hydrogen-bond acceptors (Lipinski definition) is 4. The van der Waals surface area contributed by atoms with Gasteiger partial charge >= 0.3 is 0 Å². The molecule has 1 amide bonds. The summed E-state index contributed by atoms with van der Waals surface area (Å²) in [6.45, 7) is 7.49. The monoisotopic (exact) mass is 269 g/mol. The van der Waals surface area contributed by atoms with Gasteiger partial charge in [0, 0.05) is 52.3 Å². The Balaban J connectivity index is 1.77. The Kier molecular flexibility index (Phi) is 5.60. The number of rotatable bonds is 5. The average Bonchev–Trinajstić information content (AvgIpc) is 2.81. The maximum absolute atomic E-state index is 12.1. The molecular weight excluding hydrogens is 242 g/mol. The van der Waals surface area contributed by atoms with Crippen LogP contribution in [0.25, 0.3) is 0 Å². The summed E-state index contributed by atoms with van der Waals surface area (Å²) in [4.78, 5) is 18.7. The molecule has 110 valence electrons. The molecule has 2 aliphatic heterocycles. The van der Waals surface area contributed by atoms with Crippen LogP contribution in [0.5, 0.6) is 0 Å². The first-order valence-electron chi connectivity index (χ1n) is 7.38. The molecule has 0 N–H and O–H groups in total. The molecule has 5 heteroatoms. The van der Waals surface area contributed by atoms with Crippen molar-refractivity contribution < 1.29 is 9.53 Å². The van der Waals surface area contributed by atoms with Gasteiger partial charge in [-0.15, -0.1) is 0 Å². The van der Waals surface area contributed by atoms with Gasteiger partial charge in [-0.25, -0.2) is 0 Å². The second-order valence-corrected chi connectivity index (χ2v) is 5.96. The van der Waals surface area contributed by atoms with E-state index in [9.17, 15) is 4.79 Å². The summed E-state index contributed by atoms with van der Waals surface area (Å²) in [5.41, 5.74) is 0. The second-order valence-electron chi connectivity index (χ2n) is 5.96. The minimum absolute atomic E-state index is 0.312. The summed E-state index contributed by atoms with van der Waals surface area (Å²) in [5.74, 6) is 0.982. The Hall–Kier alpha value is -0.650. The third-order valence-corrected chi connectivity index (χ3v) is 4.04. The zero-order valence-electron chi connectivity index (χ0n) is 12.3. The summed E-state index contributed by atoms with van der Waals surface area (Å²) in [5, 5.41) is 0. The van der Waals surface area contributed by atoms with Crippen molar-refractivity contribution in [2.24, 2.45) is 5.92 Å². The molecule has 19 heavy (non-hydrogen) atoms. The largest absolute Gasteiger partial charge is 0.381 e. The molecule has 0 aromatic carbocycles. The van der Waals surface area contributed by atoms with Gasteiger partial charge in [0.15, 0.2) is 0 Å². The van der Waals surface area contributed by atoms with E-state index >= 15 is 0 Å². The van der Waals surface area contributed by atoms with Crippen molar-refractivity contribution in [2.45, 2.75) is 12.8 Å². The van der Waals surface area contributed by atoms with Crippen molar-refractivity contribution in [3.05, 3.63) is 0 Å². The van der Waals surface area contributed by atoms with E-state index < -0.39 is 0 Å². The van der Waals surface area contributed by atoms with Crippen LogP contribution in [-0.2, 0) is 9.53 Å². The quantitative estimate of drug-likeness (QED) is 0.710. The van der Waals surface area contributed by atoms with Crippen LogP contribution in [0.2, 0.25) is 0 Å². The second kappa shape index (κ2) is 7.22. The third-order valence-electron chi connectivity index (χ3n) is 4.04. The predicted molar refractivity (Wildman–Crippen MR) is 75.1 cm³/mol. The lowest BCUT2D eigenvalue weighted by Gasteiger charge is -2.24. The summed E-state index contributed by atoms with van der Waals surface area (Å²) in [7, 11) is 4.10. The summed E-state index contributed by atoms with van der Waals surface area (Å²) >= 11 is 0. The highest BCUT2D eigenvalue weighted by Gasteiger charge is 2.24. The summed E-state index contributed by atoms with van der Waals surface area (Å²) in [6.07, 6.45) is 1.84. The number of amides is 1. The molecule has 0 aromatic heterocycles. The van der Waals surface area contributed by atoms with Gasteiger partial charge in [-0.3, -0.25) is 4.79 Å². The molecule has 2 rings (SSSR count). The summed E-state index contributed by atoms with van der Waals surface area (Å²) in [6, 6.07) is 0. The minimum Gasteiger partial charge on any atom is -0.381 e. The smallest absolute Gasteiger partial charge is 0.223 e. The van der Waals surface area contributed by atoms with Crippen LogP contribution in [0.4, 0.5) is 0 Å². The lowest BCUT2D eigenvalue weighted by molar-refractivity contribution is -0.130. The van der Waals surface area contributed by atoms with Crippen molar-refractivity contribution in [1.29, 1.82) is 0 Å². The van der Waals surface area contributed by atoms with Gasteiger partial charge in [0.25, 0.3) is 0 Å². The highest BCUT2D eigenvalue weighted by atomic mass is 16.5. The fourth-order valence-electron chi connectivity index (χ4n) is 2.74. The fourth-order valence-corrected chi connectivity index (χ4v) is 2.74. The average molecular weight is 269 g/mol. The molecule has 1 atom stereocenters. The molecule has 0 aliphatic carbocycles. The molecule has 0 saturated carbocycles. The van der Waals surface area contributed by atoms with Crippen molar-refractivity contribution in [2.75, 3.05) is 66.6 Å². The van der Waals surface area contributed by atoms with Crippen molar-refractivity contribution in [3.63, 3.8) is 0 Å². The Labute approximate surface area is 116 Å². The molecule has 0 aromatic rings. The number of carbonyl (C=O) groups is 1. The first kappa shape index (κ1) is 14.8. The number of hydrogen-bond donors (Lipinski definition) is 0. The fraction of sp³-hybridized carbons (Fsp3) is 0.929. The van der Waals surface area contributed by atoms with Crippen molar-refractivity contribution in [3.8, 4) is 0 Å². The van der Waals surface area contributed by atoms with E-state index in [1.54, 1.807) is 0 Å². The molecule has 2 fully saturated rings. The molecule has 2 heterocycles. The van der Waals surface area contributed by atoms with E-state index in [-0.39, 0.29) is 0 Å². The van der Waals surface area contributed by atoms with Gasteiger partial charge in [-0.2, -0.15) is 0 Å².